The lowest BCUT2D eigenvalue weighted by molar-refractivity contribution is -0.143. The molecule has 0 radical (unpaired) electrons. The molecule has 1 aromatic heterocycles. The summed E-state index contributed by atoms with van der Waals surface area (Å²) in [7, 11) is 0. The maximum absolute atomic E-state index is 11.5. The highest BCUT2D eigenvalue weighted by Crippen LogP contribution is 2.37. The van der Waals surface area contributed by atoms with Crippen molar-refractivity contribution in [3.63, 3.8) is 0 Å². The number of benzene rings is 2. The van der Waals surface area contributed by atoms with Gasteiger partial charge in [0.1, 0.15) is 5.01 Å². The summed E-state index contributed by atoms with van der Waals surface area (Å²) < 4.78 is 2.18. The number of aromatic nitrogens is 1. The number of carboxylic acids is 1. The van der Waals surface area contributed by atoms with E-state index in [1.54, 1.807) is 11.3 Å². The number of para-hydroxylation sites is 1. The Bertz CT molecular complexity index is 909. The number of carboxylic acid groups (broad SMARTS) is 1. The van der Waals surface area contributed by atoms with Crippen LogP contribution in [0.4, 0.5) is 0 Å². The maximum Gasteiger partial charge on any atom is 0.307 e. The molecule has 0 saturated carbocycles. The van der Waals surface area contributed by atoms with Crippen molar-refractivity contribution in [2.45, 2.75) is 18.9 Å². The van der Waals surface area contributed by atoms with Gasteiger partial charge in [0.2, 0.25) is 0 Å². The van der Waals surface area contributed by atoms with Gasteiger partial charge in [0.05, 0.1) is 22.2 Å². The van der Waals surface area contributed by atoms with Crippen molar-refractivity contribution in [1.29, 1.82) is 0 Å². The van der Waals surface area contributed by atoms with Gasteiger partial charge in [-0.25, -0.2) is 4.98 Å². The second-order valence-corrected chi connectivity index (χ2v) is 8.63. The number of fused-ring (bicyclic) bond motifs is 1. The van der Waals surface area contributed by atoms with Crippen LogP contribution in [0.25, 0.3) is 10.2 Å². The van der Waals surface area contributed by atoms with Crippen molar-refractivity contribution in [3.8, 4) is 0 Å². The number of aliphatic carboxylic acids is 1. The molecular formula is C20H19BrN2O2S. The van der Waals surface area contributed by atoms with Gasteiger partial charge in [-0.3, -0.25) is 9.69 Å². The molecule has 4 nitrogen and oxygen atoms in total. The molecule has 0 spiro atoms. The van der Waals surface area contributed by atoms with Crippen molar-refractivity contribution in [3.05, 3.63) is 63.6 Å². The molecule has 1 saturated heterocycles. The minimum absolute atomic E-state index is 0.0213. The molecule has 0 amide bonds. The number of rotatable bonds is 4. The van der Waals surface area contributed by atoms with Gasteiger partial charge in [-0.2, -0.15) is 0 Å². The minimum atomic E-state index is -0.702. The minimum Gasteiger partial charge on any atom is -0.481 e. The lowest BCUT2D eigenvalue weighted by atomic mass is 9.95. The standard InChI is InChI=1S/C20H19BrN2O2S/c21-15-7-3-5-13(11-15)18(23-10-4-6-14(12-23)20(24)25)19-22-16-8-1-2-9-17(16)26-19/h1-3,5,7-9,11,14,18H,4,6,10,12H2,(H,24,25). The first kappa shape index (κ1) is 17.6. The van der Waals surface area contributed by atoms with E-state index in [2.05, 4.69) is 39.0 Å². The van der Waals surface area contributed by atoms with Crippen molar-refractivity contribution in [1.82, 2.24) is 9.88 Å². The van der Waals surface area contributed by atoms with Crippen LogP contribution >= 0.6 is 27.3 Å². The third kappa shape index (κ3) is 3.54. The summed E-state index contributed by atoms with van der Waals surface area (Å²) in [5, 5.41) is 10.5. The Balaban J connectivity index is 1.77. The SMILES string of the molecule is O=C(O)C1CCCN(C(c2cccc(Br)c2)c2nc3ccccc3s2)C1. The highest BCUT2D eigenvalue weighted by Gasteiger charge is 2.32. The predicted molar refractivity (Wildman–Crippen MR) is 108 cm³/mol. The van der Waals surface area contributed by atoms with Gasteiger partial charge in [-0.1, -0.05) is 40.2 Å². The molecule has 134 valence electrons. The summed E-state index contributed by atoms with van der Waals surface area (Å²) in [4.78, 5) is 18.7. The van der Waals surface area contributed by atoms with E-state index in [9.17, 15) is 9.90 Å². The zero-order valence-corrected chi connectivity index (χ0v) is 16.5. The molecule has 6 heteroatoms. The second-order valence-electron chi connectivity index (χ2n) is 6.65. The Kier molecular flexibility index (Phi) is 5.07. The smallest absolute Gasteiger partial charge is 0.307 e. The van der Waals surface area contributed by atoms with Crippen LogP contribution in [0, 0.1) is 5.92 Å². The van der Waals surface area contributed by atoms with Crippen LogP contribution in [0.2, 0.25) is 0 Å². The van der Waals surface area contributed by atoms with Gasteiger partial charge in [-0.05, 0) is 49.2 Å². The van der Waals surface area contributed by atoms with E-state index in [0.717, 1.165) is 44.6 Å². The summed E-state index contributed by atoms with van der Waals surface area (Å²) in [6.45, 7) is 1.44. The molecule has 26 heavy (non-hydrogen) atoms. The Morgan fingerprint density at radius 1 is 1.27 bits per heavy atom. The lowest BCUT2D eigenvalue weighted by Crippen LogP contribution is -2.41. The zero-order chi connectivity index (χ0) is 18.1. The van der Waals surface area contributed by atoms with E-state index in [1.807, 2.05) is 30.3 Å². The van der Waals surface area contributed by atoms with Crippen molar-refractivity contribution < 1.29 is 9.90 Å². The fourth-order valence-electron chi connectivity index (χ4n) is 3.64. The predicted octanol–water partition coefficient (Wildman–Crippen LogP) is 4.94. The van der Waals surface area contributed by atoms with Crippen molar-refractivity contribution >= 4 is 43.5 Å². The van der Waals surface area contributed by atoms with Crippen LogP contribution in [0.15, 0.2) is 53.0 Å². The molecule has 1 N–H and O–H groups in total. The summed E-state index contributed by atoms with van der Waals surface area (Å²) in [6, 6.07) is 16.4. The summed E-state index contributed by atoms with van der Waals surface area (Å²) in [6.07, 6.45) is 1.64. The molecular weight excluding hydrogens is 412 g/mol. The fraction of sp³-hybridized carbons (Fsp3) is 0.300. The number of carbonyl (C=O) groups is 1. The van der Waals surface area contributed by atoms with Gasteiger partial charge in [0.25, 0.3) is 0 Å². The lowest BCUT2D eigenvalue weighted by Gasteiger charge is -2.36. The van der Waals surface area contributed by atoms with E-state index in [4.69, 9.17) is 4.98 Å². The molecule has 2 unspecified atom stereocenters. The quantitative estimate of drug-likeness (QED) is 0.636. The van der Waals surface area contributed by atoms with E-state index in [1.165, 1.54) is 0 Å². The molecule has 2 atom stereocenters. The van der Waals surface area contributed by atoms with Gasteiger partial charge in [0, 0.05) is 11.0 Å². The third-order valence-electron chi connectivity index (χ3n) is 4.88. The van der Waals surface area contributed by atoms with E-state index in [0.29, 0.717) is 6.54 Å². The topological polar surface area (TPSA) is 53.4 Å². The van der Waals surface area contributed by atoms with Gasteiger partial charge in [-0.15, -0.1) is 11.3 Å². The fourth-order valence-corrected chi connectivity index (χ4v) is 5.18. The molecule has 2 heterocycles. The molecule has 3 aromatic rings. The average Bonchev–Trinajstić information content (AvgIpc) is 3.05. The molecule has 1 aliphatic rings. The number of likely N-dealkylation sites (tertiary alicyclic amines) is 1. The molecule has 0 bridgehead atoms. The first-order valence-corrected chi connectivity index (χ1v) is 10.3. The monoisotopic (exact) mass is 430 g/mol. The Morgan fingerprint density at radius 3 is 2.88 bits per heavy atom. The van der Waals surface area contributed by atoms with Crippen LogP contribution in [0.1, 0.15) is 29.5 Å². The maximum atomic E-state index is 11.5. The number of nitrogens with zero attached hydrogens (tertiary/aromatic N) is 2. The van der Waals surface area contributed by atoms with Gasteiger partial charge >= 0.3 is 5.97 Å². The van der Waals surface area contributed by atoms with Crippen LogP contribution in [0.5, 0.6) is 0 Å². The molecule has 1 aliphatic heterocycles. The Labute approximate surface area is 164 Å². The first-order chi connectivity index (χ1) is 12.6. The normalized spacial score (nSPS) is 19.5. The highest BCUT2D eigenvalue weighted by atomic mass is 79.9. The average molecular weight is 431 g/mol. The molecule has 1 fully saturated rings. The third-order valence-corrected chi connectivity index (χ3v) is 6.46. The molecule has 2 aromatic carbocycles. The van der Waals surface area contributed by atoms with Crippen LogP contribution in [0.3, 0.4) is 0 Å². The molecule has 0 aliphatic carbocycles. The summed E-state index contributed by atoms with van der Waals surface area (Å²) in [5.74, 6) is -1.01. The van der Waals surface area contributed by atoms with Gasteiger partial charge < -0.3 is 5.11 Å². The van der Waals surface area contributed by atoms with E-state index < -0.39 is 5.97 Å². The first-order valence-electron chi connectivity index (χ1n) is 8.69. The Hall–Kier alpha value is -1.76. The van der Waals surface area contributed by atoms with Crippen LogP contribution in [-0.4, -0.2) is 34.0 Å². The second kappa shape index (κ2) is 7.47. The highest BCUT2D eigenvalue weighted by molar-refractivity contribution is 9.10. The number of hydrogen-bond acceptors (Lipinski definition) is 4. The zero-order valence-electron chi connectivity index (χ0n) is 14.1. The Morgan fingerprint density at radius 2 is 2.12 bits per heavy atom. The van der Waals surface area contributed by atoms with Gasteiger partial charge in [0.15, 0.2) is 0 Å². The number of hydrogen-bond donors (Lipinski definition) is 1. The summed E-state index contributed by atoms with van der Waals surface area (Å²) >= 11 is 5.26. The van der Waals surface area contributed by atoms with Crippen molar-refractivity contribution in [2.24, 2.45) is 5.92 Å². The van der Waals surface area contributed by atoms with Crippen molar-refractivity contribution in [2.75, 3.05) is 13.1 Å². The van der Waals surface area contributed by atoms with Crippen LogP contribution in [-0.2, 0) is 4.79 Å². The van der Waals surface area contributed by atoms with Crippen LogP contribution < -0.4 is 0 Å². The number of halogens is 1. The van der Waals surface area contributed by atoms with E-state index >= 15 is 0 Å². The van der Waals surface area contributed by atoms with E-state index in [-0.39, 0.29) is 12.0 Å². The number of thiazole rings is 1. The largest absolute Gasteiger partial charge is 0.481 e. The summed E-state index contributed by atoms with van der Waals surface area (Å²) in [5.41, 5.74) is 2.14. The number of piperidine rings is 1. The molecule has 4 rings (SSSR count).